The van der Waals surface area contributed by atoms with Crippen LogP contribution in [0.5, 0.6) is 0 Å². The van der Waals surface area contributed by atoms with Gasteiger partial charge in [-0.1, -0.05) is 0 Å². The van der Waals surface area contributed by atoms with Gasteiger partial charge in [0.05, 0.1) is 7.11 Å². The molecule has 8 heteroatoms. The molecule has 24 heavy (non-hydrogen) atoms. The molecule has 1 fully saturated rings. The van der Waals surface area contributed by atoms with Crippen LogP contribution < -0.4 is 0 Å². The number of piperazine rings is 1. The maximum absolute atomic E-state index is 11.9. The van der Waals surface area contributed by atoms with Gasteiger partial charge < -0.3 is 19.1 Å². The van der Waals surface area contributed by atoms with Crippen LogP contribution >= 0.6 is 0 Å². The van der Waals surface area contributed by atoms with Crippen molar-refractivity contribution in [2.45, 2.75) is 26.4 Å². The molecular formula is C16H26N2O6. The lowest BCUT2D eigenvalue weighted by molar-refractivity contribution is -0.139. The van der Waals surface area contributed by atoms with Crippen molar-refractivity contribution in [1.29, 1.82) is 0 Å². The van der Waals surface area contributed by atoms with E-state index in [1.165, 1.54) is 7.11 Å². The number of rotatable bonds is 5. The molecule has 0 aliphatic carbocycles. The maximum Gasteiger partial charge on any atom is 0.410 e. The normalized spacial score (nSPS) is 16.1. The second-order valence-corrected chi connectivity index (χ2v) is 6.33. The molecule has 1 amide bonds. The first kappa shape index (κ1) is 20.0. The summed E-state index contributed by atoms with van der Waals surface area (Å²) in [6.07, 6.45) is 1.75. The molecule has 1 saturated heterocycles. The Labute approximate surface area is 142 Å². The first-order valence-corrected chi connectivity index (χ1v) is 7.84. The second kappa shape index (κ2) is 9.27. The fourth-order valence-electron chi connectivity index (χ4n) is 2.01. The van der Waals surface area contributed by atoms with Crippen LogP contribution in [0.4, 0.5) is 4.79 Å². The van der Waals surface area contributed by atoms with Gasteiger partial charge >= 0.3 is 18.0 Å². The van der Waals surface area contributed by atoms with E-state index < -0.39 is 17.5 Å². The summed E-state index contributed by atoms with van der Waals surface area (Å²) < 4.78 is 14.7. The summed E-state index contributed by atoms with van der Waals surface area (Å²) in [6, 6.07) is 0. The highest BCUT2D eigenvalue weighted by atomic mass is 16.6. The van der Waals surface area contributed by atoms with E-state index in [1.807, 2.05) is 20.8 Å². The van der Waals surface area contributed by atoms with Gasteiger partial charge in [-0.3, -0.25) is 4.90 Å². The smallest absolute Gasteiger partial charge is 0.410 e. The molecule has 0 atom stereocenters. The highest BCUT2D eigenvalue weighted by Gasteiger charge is 2.25. The van der Waals surface area contributed by atoms with Crippen LogP contribution in [0.2, 0.25) is 0 Å². The Bertz CT molecular complexity index is 475. The average molecular weight is 342 g/mol. The Kier molecular flexibility index (Phi) is 7.70. The van der Waals surface area contributed by atoms with Crippen LogP contribution in [0, 0.1) is 0 Å². The van der Waals surface area contributed by atoms with Gasteiger partial charge in [-0.25, -0.2) is 14.4 Å². The minimum Gasteiger partial charge on any atom is -0.466 e. The van der Waals surface area contributed by atoms with Crippen LogP contribution in [0.3, 0.4) is 0 Å². The molecule has 0 spiro atoms. The number of carbonyl (C=O) groups excluding carboxylic acids is 3. The SMILES string of the molecule is COC(=O)/C=C/C(=O)OCCN1CCN(C(=O)OC(C)(C)C)CC1. The van der Waals surface area contributed by atoms with Crippen LogP contribution in [0.25, 0.3) is 0 Å². The van der Waals surface area contributed by atoms with Crippen molar-refractivity contribution in [1.82, 2.24) is 9.80 Å². The molecule has 136 valence electrons. The molecule has 0 bridgehead atoms. The van der Waals surface area contributed by atoms with Crippen LogP contribution in [-0.2, 0) is 23.8 Å². The van der Waals surface area contributed by atoms with E-state index in [1.54, 1.807) is 4.90 Å². The third-order valence-electron chi connectivity index (χ3n) is 3.23. The van der Waals surface area contributed by atoms with Crippen molar-refractivity contribution in [3.05, 3.63) is 12.2 Å². The van der Waals surface area contributed by atoms with E-state index in [0.717, 1.165) is 12.2 Å². The number of methoxy groups -OCH3 is 1. The molecule has 1 aliphatic rings. The molecule has 1 rings (SSSR count). The van der Waals surface area contributed by atoms with Crippen LogP contribution in [-0.4, -0.2) is 79.9 Å². The zero-order valence-corrected chi connectivity index (χ0v) is 14.7. The predicted molar refractivity (Wildman–Crippen MR) is 86.4 cm³/mol. The number of nitrogens with zero attached hydrogens (tertiary/aromatic N) is 2. The molecule has 1 aliphatic heterocycles. The van der Waals surface area contributed by atoms with E-state index >= 15 is 0 Å². The summed E-state index contributed by atoms with van der Waals surface area (Å²) in [7, 11) is 1.23. The van der Waals surface area contributed by atoms with Gasteiger partial charge in [-0.05, 0) is 20.8 Å². The molecule has 0 aromatic heterocycles. The first-order chi connectivity index (χ1) is 11.2. The Morgan fingerprint density at radius 1 is 1.00 bits per heavy atom. The molecule has 0 radical (unpaired) electrons. The van der Waals surface area contributed by atoms with Crippen molar-refractivity contribution in [2.75, 3.05) is 46.4 Å². The minimum atomic E-state index is -0.606. The van der Waals surface area contributed by atoms with E-state index in [9.17, 15) is 14.4 Å². The average Bonchev–Trinajstić information content (AvgIpc) is 2.51. The number of hydrogen-bond acceptors (Lipinski definition) is 7. The van der Waals surface area contributed by atoms with Gasteiger partial charge in [0.2, 0.25) is 0 Å². The number of esters is 2. The lowest BCUT2D eigenvalue weighted by Gasteiger charge is -2.35. The van der Waals surface area contributed by atoms with Crippen molar-refractivity contribution in [3.8, 4) is 0 Å². The van der Waals surface area contributed by atoms with Gasteiger partial charge in [0.1, 0.15) is 12.2 Å². The third-order valence-corrected chi connectivity index (χ3v) is 3.23. The van der Waals surface area contributed by atoms with Gasteiger partial charge in [0.25, 0.3) is 0 Å². The Hall–Kier alpha value is -2.09. The molecule has 0 aromatic rings. The topological polar surface area (TPSA) is 85.4 Å². The minimum absolute atomic E-state index is 0.219. The van der Waals surface area contributed by atoms with Crippen molar-refractivity contribution in [2.24, 2.45) is 0 Å². The largest absolute Gasteiger partial charge is 0.466 e. The lowest BCUT2D eigenvalue weighted by Crippen LogP contribution is -2.50. The number of ether oxygens (including phenoxy) is 3. The van der Waals surface area contributed by atoms with Crippen LogP contribution in [0.1, 0.15) is 20.8 Å². The summed E-state index contributed by atoms with van der Waals surface area (Å²) in [5, 5.41) is 0. The highest BCUT2D eigenvalue weighted by Crippen LogP contribution is 2.11. The predicted octanol–water partition coefficient (Wildman–Crippen LogP) is 0.811. The molecule has 1 heterocycles. The van der Waals surface area contributed by atoms with Crippen molar-refractivity contribution >= 4 is 18.0 Å². The first-order valence-electron chi connectivity index (χ1n) is 7.84. The van der Waals surface area contributed by atoms with E-state index in [2.05, 4.69) is 9.64 Å². The van der Waals surface area contributed by atoms with Gasteiger partial charge in [0, 0.05) is 44.9 Å². The molecule has 0 unspecified atom stereocenters. The maximum atomic E-state index is 11.9. The second-order valence-electron chi connectivity index (χ2n) is 6.33. The molecule has 8 nitrogen and oxygen atoms in total. The standard InChI is InChI=1S/C16H26N2O6/c1-16(2,3)24-15(21)18-9-7-17(8-10-18)11-12-23-14(20)6-5-13(19)22-4/h5-6H,7-12H2,1-4H3/b6-5+. The Morgan fingerprint density at radius 2 is 1.58 bits per heavy atom. The summed E-state index contributed by atoms with van der Waals surface area (Å²) in [5.41, 5.74) is -0.500. The molecule has 0 aromatic carbocycles. The highest BCUT2D eigenvalue weighted by molar-refractivity contribution is 5.91. The lowest BCUT2D eigenvalue weighted by atomic mass is 10.2. The fraction of sp³-hybridized carbons (Fsp3) is 0.688. The Morgan fingerprint density at radius 3 is 2.12 bits per heavy atom. The monoisotopic (exact) mass is 342 g/mol. The molecule has 0 saturated carbocycles. The van der Waals surface area contributed by atoms with E-state index in [0.29, 0.717) is 32.7 Å². The number of amides is 1. The summed E-state index contributed by atoms with van der Waals surface area (Å²) in [6.45, 7) is 8.83. The van der Waals surface area contributed by atoms with E-state index in [4.69, 9.17) is 9.47 Å². The van der Waals surface area contributed by atoms with Gasteiger partial charge in [-0.15, -0.1) is 0 Å². The zero-order chi connectivity index (χ0) is 18.2. The number of hydrogen-bond donors (Lipinski definition) is 0. The van der Waals surface area contributed by atoms with Gasteiger partial charge in [0.15, 0.2) is 0 Å². The zero-order valence-electron chi connectivity index (χ0n) is 14.7. The number of carbonyl (C=O) groups is 3. The Balaban J connectivity index is 2.22. The summed E-state index contributed by atoms with van der Waals surface area (Å²) in [5.74, 6) is -1.20. The quantitative estimate of drug-likeness (QED) is 0.415. The van der Waals surface area contributed by atoms with Crippen molar-refractivity contribution < 1.29 is 28.6 Å². The summed E-state index contributed by atoms with van der Waals surface area (Å²) in [4.78, 5) is 37.9. The van der Waals surface area contributed by atoms with Crippen molar-refractivity contribution in [3.63, 3.8) is 0 Å². The molecular weight excluding hydrogens is 316 g/mol. The van der Waals surface area contributed by atoms with Gasteiger partial charge in [-0.2, -0.15) is 0 Å². The van der Waals surface area contributed by atoms with E-state index in [-0.39, 0.29) is 12.7 Å². The summed E-state index contributed by atoms with van der Waals surface area (Å²) >= 11 is 0. The molecule has 0 N–H and O–H groups in total. The van der Waals surface area contributed by atoms with Crippen LogP contribution in [0.15, 0.2) is 12.2 Å². The third kappa shape index (κ3) is 7.96. The fourth-order valence-corrected chi connectivity index (χ4v) is 2.01.